The number of carbonyl (C=O) groups excluding carboxylic acids is 1. The second kappa shape index (κ2) is 8.97. The van der Waals surface area contributed by atoms with Crippen LogP contribution < -0.4 is 5.32 Å². The number of nitrogens with zero attached hydrogens (tertiary/aromatic N) is 1. The fourth-order valence-corrected chi connectivity index (χ4v) is 3.18. The van der Waals surface area contributed by atoms with Crippen LogP contribution in [0.1, 0.15) is 46.9 Å². The standard InChI is InChI=1S/C22H28N2O2/c1-3-18-4-8-20(9-5-18)17(2)23-22(25)21-10-6-19(7-11-21)16-24-12-14-26-15-13-24/h4-11,17H,3,12-16H2,1-2H3,(H,23,25)/t17-/m1/s1. The highest BCUT2D eigenvalue weighted by molar-refractivity contribution is 5.94. The lowest BCUT2D eigenvalue weighted by molar-refractivity contribution is 0.0342. The van der Waals surface area contributed by atoms with Crippen molar-refractivity contribution in [2.45, 2.75) is 32.9 Å². The third-order valence-corrected chi connectivity index (χ3v) is 4.96. The molecule has 0 bridgehead atoms. The van der Waals surface area contributed by atoms with Crippen molar-refractivity contribution < 1.29 is 9.53 Å². The Balaban J connectivity index is 1.56. The van der Waals surface area contributed by atoms with Gasteiger partial charge in [-0.3, -0.25) is 9.69 Å². The number of nitrogens with one attached hydrogen (secondary N) is 1. The molecule has 1 aliphatic rings. The monoisotopic (exact) mass is 352 g/mol. The predicted octanol–water partition coefficient (Wildman–Crippen LogP) is 3.57. The van der Waals surface area contributed by atoms with E-state index in [4.69, 9.17) is 4.74 Å². The van der Waals surface area contributed by atoms with Gasteiger partial charge in [0.1, 0.15) is 0 Å². The summed E-state index contributed by atoms with van der Waals surface area (Å²) in [6.07, 6.45) is 1.03. The average Bonchev–Trinajstić information content (AvgIpc) is 2.69. The van der Waals surface area contributed by atoms with Crippen molar-refractivity contribution in [1.29, 1.82) is 0 Å². The SMILES string of the molecule is CCc1ccc([C@@H](C)NC(=O)c2ccc(CN3CCOCC3)cc2)cc1. The first kappa shape index (κ1) is 18.6. The highest BCUT2D eigenvalue weighted by Crippen LogP contribution is 2.15. The maximum Gasteiger partial charge on any atom is 0.251 e. The van der Waals surface area contributed by atoms with Crippen LogP contribution in [0.5, 0.6) is 0 Å². The van der Waals surface area contributed by atoms with Gasteiger partial charge in [0.05, 0.1) is 19.3 Å². The molecule has 1 atom stereocenters. The summed E-state index contributed by atoms with van der Waals surface area (Å²) in [5, 5.41) is 3.08. The Morgan fingerprint density at radius 2 is 1.65 bits per heavy atom. The van der Waals surface area contributed by atoms with Gasteiger partial charge in [-0.15, -0.1) is 0 Å². The summed E-state index contributed by atoms with van der Waals surface area (Å²) < 4.78 is 5.38. The van der Waals surface area contributed by atoms with E-state index in [1.807, 2.05) is 31.2 Å². The lowest BCUT2D eigenvalue weighted by atomic mass is 10.0. The topological polar surface area (TPSA) is 41.6 Å². The molecule has 1 N–H and O–H groups in total. The molecule has 138 valence electrons. The van der Waals surface area contributed by atoms with Crippen LogP contribution in [0.4, 0.5) is 0 Å². The Kier molecular flexibility index (Phi) is 6.42. The van der Waals surface area contributed by atoms with E-state index in [9.17, 15) is 4.79 Å². The van der Waals surface area contributed by atoms with Gasteiger partial charge in [-0.2, -0.15) is 0 Å². The zero-order valence-corrected chi connectivity index (χ0v) is 15.7. The normalized spacial score (nSPS) is 16.2. The van der Waals surface area contributed by atoms with Gasteiger partial charge >= 0.3 is 0 Å². The van der Waals surface area contributed by atoms with E-state index in [1.54, 1.807) is 0 Å². The fraction of sp³-hybridized carbons (Fsp3) is 0.409. The average molecular weight is 352 g/mol. The number of ether oxygens (including phenoxy) is 1. The lowest BCUT2D eigenvalue weighted by Gasteiger charge is -2.26. The molecule has 3 rings (SSSR count). The number of benzene rings is 2. The summed E-state index contributed by atoms with van der Waals surface area (Å²) in [5.74, 6) is -0.0324. The molecule has 0 aliphatic carbocycles. The number of carbonyl (C=O) groups is 1. The van der Waals surface area contributed by atoms with Crippen LogP contribution >= 0.6 is 0 Å². The molecule has 0 aromatic heterocycles. The van der Waals surface area contributed by atoms with Gasteiger partial charge < -0.3 is 10.1 Å². The third-order valence-electron chi connectivity index (χ3n) is 4.96. The molecular weight excluding hydrogens is 324 g/mol. The molecule has 1 amide bonds. The maximum absolute atomic E-state index is 12.5. The molecule has 2 aromatic carbocycles. The van der Waals surface area contributed by atoms with E-state index < -0.39 is 0 Å². The van der Waals surface area contributed by atoms with Crippen LogP contribution in [0.15, 0.2) is 48.5 Å². The molecule has 1 fully saturated rings. The lowest BCUT2D eigenvalue weighted by Crippen LogP contribution is -2.35. The molecule has 1 saturated heterocycles. The van der Waals surface area contributed by atoms with E-state index in [2.05, 4.69) is 41.4 Å². The second-order valence-electron chi connectivity index (χ2n) is 6.88. The molecule has 2 aromatic rings. The minimum atomic E-state index is -0.0324. The van der Waals surface area contributed by atoms with Gasteiger partial charge in [-0.05, 0) is 42.2 Å². The highest BCUT2D eigenvalue weighted by atomic mass is 16.5. The van der Waals surface area contributed by atoms with Crippen molar-refractivity contribution in [3.8, 4) is 0 Å². The van der Waals surface area contributed by atoms with Crippen LogP contribution in [0, 0.1) is 0 Å². The molecule has 0 spiro atoms. The van der Waals surface area contributed by atoms with Crippen molar-refractivity contribution in [3.05, 3.63) is 70.8 Å². The van der Waals surface area contributed by atoms with Crippen molar-refractivity contribution in [1.82, 2.24) is 10.2 Å². The first-order valence-electron chi connectivity index (χ1n) is 9.44. The Morgan fingerprint density at radius 1 is 1.04 bits per heavy atom. The molecule has 1 aliphatic heterocycles. The van der Waals surface area contributed by atoms with Gasteiger partial charge in [0, 0.05) is 25.2 Å². The van der Waals surface area contributed by atoms with Crippen LogP contribution in [0.3, 0.4) is 0 Å². The van der Waals surface area contributed by atoms with E-state index in [0.717, 1.165) is 44.8 Å². The summed E-state index contributed by atoms with van der Waals surface area (Å²) in [4.78, 5) is 14.9. The van der Waals surface area contributed by atoms with Crippen molar-refractivity contribution in [3.63, 3.8) is 0 Å². The molecule has 26 heavy (non-hydrogen) atoms. The first-order valence-corrected chi connectivity index (χ1v) is 9.44. The summed E-state index contributed by atoms with van der Waals surface area (Å²) in [7, 11) is 0. The zero-order chi connectivity index (χ0) is 18.4. The molecular formula is C22H28N2O2. The fourth-order valence-electron chi connectivity index (χ4n) is 3.18. The minimum absolute atomic E-state index is 0.0126. The largest absolute Gasteiger partial charge is 0.379 e. The number of hydrogen-bond donors (Lipinski definition) is 1. The predicted molar refractivity (Wildman–Crippen MR) is 104 cm³/mol. The van der Waals surface area contributed by atoms with Crippen LogP contribution in [-0.4, -0.2) is 37.1 Å². The van der Waals surface area contributed by atoms with Crippen molar-refractivity contribution in [2.75, 3.05) is 26.3 Å². The van der Waals surface area contributed by atoms with E-state index in [0.29, 0.717) is 5.56 Å². The van der Waals surface area contributed by atoms with Gasteiger partial charge in [-0.1, -0.05) is 43.3 Å². The Hall–Kier alpha value is -2.17. The smallest absolute Gasteiger partial charge is 0.251 e. The maximum atomic E-state index is 12.5. The molecule has 0 unspecified atom stereocenters. The van der Waals surface area contributed by atoms with Gasteiger partial charge in [0.2, 0.25) is 0 Å². The van der Waals surface area contributed by atoms with Crippen LogP contribution in [-0.2, 0) is 17.7 Å². The summed E-state index contributed by atoms with van der Waals surface area (Å²) in [6.45, 7) is 8.61. The summed E-state index contributed by atoms with van der Waals surface area (Å²) >= 11 is 0. The minimum Gasteiger partial charge on any atom is -0.379 e. The number of rotatable bonds is 6. The third kappa shape index (κ3) is 4.93. The Morgan fingerprint density at radius 3 is 2.27 bits per heavy atom. The Labute approximate surface area is 156 Å². The number of hydrogen-bond acceptors (Lipinski definition) is 3. The molecule has 1 heterocycles. The summed E-state index contributed by atoms with van der Waals surface area (Å²) in [5.41, 5.74) is 4.36. The Bertz CT molecular complexity index is 704. The van der Waals surface area contributed by atoms with Gasteiger partial charge in [-0.25, -0.2) is 0 Å². The van der Waals surface area contributed by atoms with E-state index >= 15 is 0 Å². The number of amides is 1. The molecule has 4 nitrogen and oxygen atoms in total. The van der Waals surface area contributed by atoms with Crippen molar-refractivity contribution >= 4 is 5.91 Å². The van der Waals surface area contributed by atoms with Gasteiger partial charge in [0.25, 0.3) is 5.91 Å². The molecule has 4 heteroatoms. The second-order valence-corrected chi connectivity index (χ2v) is 6.88. The van der Waals surface area contributed by atoms with Crippen molar-refractivity contribution in [2.24, 2.45) is 0 Å². The van der Waals surface area contributed by atoms with Gasteiger partial charge in [0.15, 0.2) is 0 Å². The van der Waals surface area contributed by atoms with Crippen LogP contribution in [0.2, 0.25) is 0 Å². The number of morpholine rings is 1. The summed E-state index contributed by atoms with van der Waals surface area (Å²) in [6, 6.07) is 16.3. The van der Waals surface area contributed by atoms with E-state index in [1.165, 1.54) is 11.1 Å². The quantitative estimate of drug-likeness (QED) is 0.864. The number of aryl methyl sites for hydroxylation is 1. The highest BCUT2D eigenvalue weighted by Gasteiger charge is 2.13. The van der Waals surface area contributed by atoms with Crippen LogP contribution in [0.25, 0.3) is 0 Å². The van der Waals surface area contributed by atoms with E-state index in [-0.39, 0.29) is 11.9 Å². The zero-order valence-electron chi connectivity index (χ0n) is 15.7. The first-order chi connectivity index (χ1) is 12.7. The molecule has 0 radical (unpaired) electrons. The molecule has 0 saturated carbocycles.